The Morgan fingerprint density at radius 2 is 1.94 bits per heavy atom. The van der Waals surface area contributed by atoms with E-state index in [-0.39, 0.29) is 18.8 Å². The van der Waals surface area contributed by atoms with Crippen LogP contribution in [0.15, 0.2) is 0 Å². The highest BCUT2D eigenvalue weighted by Crippen LogP contribution is 2.41. The Morgan fingerprint density at radius 1 is 1.31 bits per heavy atom. The van der Waals surface area contributed by atoms with Gasteiger partial charge in [0, 0.05) is 0 Å². The van der Waals surface area contributed by atoms with Crippen LogP contribution in [0.25, 0.3) is 0 Å². The van der Waals surface area contributed by atoms with Crippen molar-refractivity contribution in [1.82, 2.24) is 0 Å². The number of aliphatic hydroxyl groups is 2. The Morgan fingerprint density at radius 3 is 2.38 bits per heavy atom. The topological polar surface area (TPSA) is 49.7 Å². The minimum atomic E-state index is -0.423. The molecule has 0 amide bonds. The molecule has 0 aromatic heterocycles. The summed E-state index contributed by atoms with van der Waals surface area (Å²) < 4.78 is 6.01. The fourth-order valence-electron chi connectivity index (χ4n) is 2.78. The third kappa shape index (κ3) is 3.19. The van der Waals surface area contributed by atoms with Crippen molar-refractivity contribution in [3.05, 3.63) is 0 Å². The summed E-state index contributed by atoms with van der Waals surface area (Å²) in [4.78, 5) is 0. The van der Waals surface area contributed by atoms with Crippen LogP contribution in [0, 0.1) is 11.8 Å². The third-order valence-electron chi connectivity index (χ3n) is 3.85. The van der Waals surface area contributed by atoms with E-state index in [1.807, 2.05) is 0 Å². The predicted octanol–water partition coefficient (Wildman–Crippen LogP) is 1.96. The molecule has 0 aliphatic heterocycles. The summed E-state index contributed by atoms with van der Waals surface area (Å²) in [6.45, 7) is 6.40. The molecule has 2 N–H and O–H groups in total. The van der Waals surface area contributed by atoms with E-state index < -0.39 is 6.10 Å². The van der Waals surface area contributed by atoms with E-state index in [1.165, 1.54) is 12.8 Å². The molecule has 0 bridgehead atoms. The molecule has 1 aliphatic rings. The van der Waals surface area contributed by atoms with Crippen LogP contribution in [-0.4, -0.2) is 35.1 Å². The van der Waals surface area contributed by atoms with Crippen LogP contribution in [-0.2, 0) is 4.74 Å². The van der Waals surface area contributed by atoms with Crippen molar-refractivity contribution in [2.24, 2.45) is 11.8 Å². The second-order valence-electron chi connectivity index (χ2n) is 5.53. The maximum atomic E-state index is 9.13. The van der Waals surface area contributed by atoms with Gasteiger partial charge in [-0.1, -0.05) is 33.6 Å². The third-order valence-corrected chi connectivity index (χ3v) is 3.85. The highest BCUT2D eigenvalue weighted by Gasteiger charge is 2.40. The molecule has 96 valence electrons. The molecule has 1 fully saturated rings. The first kappa shape index (κ1) is 13.9. The van der Waals surface area contributed by atoms with Crippen LogP contribution in [0.3, 0.4) is 0 Å². The molecule has 1 aliphatic carbocycles. The lowest BCUT2D eigenvalue weighted by Gasteiger charge is -2.44. The van der Waals surface area contributed by atoms with E-state index in [0.717, 1.165) is 12.8 Å². The maximum absolute atomic E-state index is 9.13. The molecule has 0 heterocycles. The first-order chi connectivity index (χ1) is 7.54. The first-order valence-corrected chi connectivity index (χ1v) is 6.43. The molecule has 2 atom stereocenters. The molecular formula is C13H26O3. The fraction of sp³-hybridized carbons (Fsp3) is 1.00. The van der Waals surface area contributed by atoms with Crippen molar-refractivity contribution in [3.63, 3.8) is 0 Å². The zero-order valence-corrected chi connectivity index (χ0v) is 10.8. The Bertz CT molecular complexity index is 201. The molecule has 0 spiro atoms. The van der Waals surface area contributed by atoms with Crippen LogP contribution in [0.4, 0.5) is 0 Å². The number of ether oxygens (including phenoxy) is 1. The lowest BCUT2D eigenvalue weighted by atomic mass is 9.72. The standard InChI is InChI=1S/C13H26O3/c1-10(2)13(16-12(8-14)9-15)6-4-5-11(3)7-13/h10-12,14-15H,4-9H2,1-3H3. The van der Waals surface area contributed by atoms with E-state index in [1.54, 1.807) is 0 Å². The monoisotopic (exact) mass is 230 g/mol. The van der Waals surface area contributed by atoms with E-state index in [4.69, 9.17) is 14.9 Å². The van der Waals surface area contributed by atoms with Gasteiger partial charge in [-0.05, 0) is 24.7 Å². The zero-order valence-electron chi connectivity index (χ0n) is 10.8. The summed E-state index contributed by atoms with van der Waals surface area (Å²) in [5.41, 5.74) is -0.145. The number of aliphatic hydroxyl groups excluding tert-OH is 2. The normalized spacial score (nSPS) is 31.3. The Labute approximate surface area is 98.8 Å². The van der Waals surface area contributed by atoms with E-state index >= 15 is 0 Å². The van der Waals surface area contributed by atoms with Crippen molar-refractivity contribution in [1.29, 1.82) is 0 Å². The summed E-state index contributed by atoms with van der Waals surface area (Å²) in [6, 6.07) is 0. The molecule has 2 unspecified atom stereocenters. The van der Waals surface area contributed by atoms with Gasteiger partial charge >= 0.3 is 0 Å². The van der Waals surface area contributed by atoms with Crippen LogP contribution < -0.4 is 0 Å². The van der Waals surface area contributed by atoms with Crippen molar-refractivity contribution < 1.29 is 14.9 Å². The van der Waals surface area contributed by atoms with Gasteiger partial charge in [-0.25, -0.2) is 0 Å². The molecule has 3 heteroatoms. The second kappa shape index (κ2) is 5.99. The minimum absolute atomic E-state index is 0.0979. The number of hydrogen-bond donors (Lipinski definition) is 2. The zero-order chi connectivity index (χ0) is 12.2. The van der Waals surface area contributed by atoms with Gasteiger partial charge in [0.15, 0.2) is 0 Å². The van der Waals surface area contributed by atoms with E-state index in [2.05, 4.69) is 20.8 Å². The van der Waals surface area contributed by atoms with Crippen LogP contribution in [0.5, 0.6) is 0 Å². The van der Waals surface area contributed by atoms with Gasteiger partial charge in [0.05, 0.1) is 18.8 Å². The van der Waals surface area contributed by atoms with E-state index in [9.17, 15) is 0 Å². The van der Waals surface area contributed by atoms with Crippen molar-refractivity contribution >= 4 is 0 Å². The maximum Gasteiger partial charge on any atom is 0.104 e. The average Bonchev–Trinajstić information content (AvgIpc) is 2.25. The summed E-state index contributed by atoms with van der Waals surface area (Å²) in [5, 5.41) is 18.3. The second-order valence-corrected chi connectivity index (χ2v) is 5.53. The quantitative estimate of drug-likeness (QED) is 0.759. The fourth-order valence-corrected chi connectivity index (χ4v) is 2.78. The summed E-state index contributed by atoms with van der Waals surface area (Å²) in [7, 11) is 0. The number of hydrogen-bond acceptors (Lipinski definition) is 3. The Balaban J connectivity index is 2.71. The number of rotatable bonds is 5. The minimum Gasteiger partial charge on any atom is -0.394 e. The van der Waals surface area contributed by atoms with Gasteiger partial charge in [0.1, 0.15) is 6.10 Å². The van der Waals surface area contributed by atoms with Gasteiger partial charge in [0.25, 0.3) is 0 Å². The van der Waals surface area contributed by atoms with Gasteiger partial charge in [-0.15, -0.1) is 0 Å². The Hall–Kier alpha value is -0.120. The molecule has 0 saturated heterocycles. The van der Waals surface area contributed by atoms with Gasteiger partial charge in [0.2, 0.25) is 0 Å². The predicted molar refractivity (Wildman–Crippen MR) is 64.2 cm³/mol. The first-order valence-electron chi connectivity index (χ1n) is 6.43. The van der Waals surface area contributed by atoms with Gasteiger partial charge in [-0.2, -0.15) is 0 Å². The van der Waals surface area contributed by atoms with Crippen LogP contribution in [0.2, 0.25) is 0 Å². The summed E-state index contributed by atoms with van der Waals surface area (Å²) in [5.74, 6) is 1.10. The smallest absolute Gasteiger partial charge is 0.104 e. The molecule has 3 nitrogen and oxygen atoms in total. The Kier molecular flexibility index (Phi) is 5.22. The summed E-state index contributed by atoms with van der Waals surface area (Å²) >= 11 is 0. The molecule has 0 radical (unpaired) electrons. The van der Waals surface area contributed by atoms with Gasteiger partial charge < -0.3 is 14.9 Å². The van der Waals surface area contributed by atoms with Crippen molar-refractivity contribution in [3.8, 4) is 0 Å². The molecule has 0 aromatic carbocycles. The molecule has 1 saturated carbocycles. The molecule has 0 aromatic rings. The lowest BCUT2D eigenvalue weighted by Crippen LogP contribution is -2.46. The molecule has 1 rings (SSSR count). The largest absolute Gasteiger partial charge is 0.394 e. The molecular weight excluding hydrogens is 204 g/mol. The molecule has 16 heavy (non-hydrogen) atoms. The van der Waals surface area contributed by atoms with E-state index in [0.29, 0.717) is 11.8 Å². The van der Waals surface area contributed by atoms with Crippen molar-refractivity contribution in [2.75, 3.05) is 13.2 Å². The average molecular weight is 230 g/mol. The van der Waals surface area contributed by atoms with Crippen molar-refractivity contribution in [2.45, 2.75) is 58.2 Å². The van der Waals surface area contributed by atoms with Crippen LogP contribution >= 0.6 is 0 Å². The summed E-state index contributed by atoms with van der Waals surface area (Å²) in [6.07, 6.45) is 4.11. The SMILES string of the molecule is CC1CCCC(OC(CO)CO)(C(C)C)C1. The highest BCUT2D eigenvalue weighted by molar-refractivity contribution is 4.90. The van der Waals surface area contributed by atoms with Gasteiger partial charge in [-0.3, -0.25) is 0 Å². The van der Waals surface area contributed by atoms with Crippen LogP contribution in [0.1, 0.15) is 46.5 Å². The lowest BCUT2D eigenvalue weighted by molar-refractivity contribution is -0.168. The highest BCUT2D eigenvalue weighted by atomic mass is 16.5.